The van der Waals surface area contributed by atoms with Crippen molar-refractivity contribution in [2.24, 2.45) is 0 Å². The van der Waals surface area contributed by atoms with E-state index < -0.39 is 5.97 Å². The van der Waals surface area contributed by atoms with E-state index in [2.05, 4.69) is 4.72 Å². The third-order valence-corrected chi connectivity index (χ3v) is 3.77. The van der Waals surface area contributed by atoms with E-state index in [-0.39, 0.29) is 0 Å². The molecule has 1 aromatic carbocycles. The summed E-state index contributed by atoms with van der Waals surface area (Å²) in [6.07, 6.45) is 2.56. The van der Waals surface area contributed by atoms with E-state index in [1.165, 1.54) is 12.8 Å². The monoisotopic (exact) mass is 237 g/mol. The lowest BCUT2D eigenvalue weighted by atomic mass is 10.0. The molecule has 1 aromatic rings. The fraction of sp³-hybridized carbons (Fsp3) is 0.417. The van der Waals surface area contributed by atoms with E-state index in [0.29, 0.717) is 5.56 Å². The van der Waals surface area contributed by atoms with Gasteiger partial charge >= 0.3 is 5.97 Å². The third kappa shape index (κ3) is 2.50. The number of benzene rings is 1. The molecule has 86 valence electrons. The predicted molar refractivity (Wildman–Crippen MR) is 67.1 cm³/mol. The lowest BCUT2D eigenvalue weighted by Crippen LogP contribution is -2.04. The first-order valence-electron chi connectivity index (χ1n) is 5.34. The van der Waals surface area contributed by atoms with Crippen molar-refractivity contribution < 1.29 is 9.90 Å². The van der Waals surface area contributed by atoms with Gasteiger partial charge in [-0.3, -0.25) is 0 Å². The molecule has 1 aliphatic rings. The highest BCUT2D eigenvalue weighted by Crippen LogP contribution is 2.35. The van der Waals surface area contributed by atoms with E-state index in [1.54, 1.807) is 11.9 Å². The fourth-order valence-electron chi connectivity index (χ4n) is 1.70. The van der Waals surface area contributed by atoms with E-state index >= 15 is 0 Å². The van der Waals surface area contributed by atoms with Crippen molar-refractivity contribution in [3.8, 4) is 0 Å². The molecule has 1 fully saturated rings. The van der Waals surface area contributed by atoms with Crippen LogP contribution in [0.5, 0.6) is 0 Å². The number of hydrogen-bond acceptors (Lipinski definition) is 3. The van der Waals surface area contributed by atoms with E-state index in [4.69, 9.17) is 5.11 Å². The summed E-state index contributed by atoms with van der Waals surface area (Å²) in [6, 6.07) is 3.79. The highest BCUT2D eigenvalue weighted by atomic mass is 32.2. The lowest BCUT2D eigenvalue weighted by Gasteiger charge is -2.10. The van der Waals surface area contributed by atoms with Gasteiger partial charge < -0.3 is 9.83 Å². The number of hydrogen-bond donors (Lipinski definition) is 2. The van der Waals surface area contributed by atoms with Crippen LogP contribution in [-0.2, 0) is 0 Å². The van der Waals surface area contributed by atoms with Crippen LogP contribution in [0.3, 0.4) is 0 Å². The highest BCUT2D eigenvalue weighted by Gasteiger charge is 2.22. The van der Waals surface area contributed by atoms with Crippen molar-refractivity contribution in [2.45, 2.75) is 31.9 Å². The molecule has 4 heteroatoms. The van der Waals surface area contributed by atoms with Gasteiger partial charge in [-0.1, -0.05) is 0 Å². The molecule has 16 heavy (non-hydrogen) atoms. The molecule has 2 N–H and O–H groups in total. The summed E-state index contributed by atoms with van der Waals surface area (Å²) in [5.41, 5.74) is 3.04. The van der Waals surface area contributed by atoms with Crippen molar-refractivity contribution in [1.29, 1.82) is 0 Å². The summed E-state index contributed by atoms with van der Waals surface area (Å²) in [5, 5.41) is 9.78. The minimum atomic E-state index is -0.851. The maximum atomic E-state index is 11.0. The van der Waals surface area contributed by atoms with E-state index in [0.717, 1.165) is 22.1 Å². The summed E-state index contributed by atoms with van der Waals surface area (Å²) < 4.78 is 3.28. The Morgan fingerprint density at radius 3 is 2.38 bits per heavy atom. The molecule has 0 saturated heterocycles. The summed E-state index contributed by atoms with van der Waals surface area (Å²) in [4.78, 5) is 11.0. The molecule has 0 aromatic heterocycles. The second-order valence-electron chi connectivity index (χ2n) is 4.21. The predicted octanol–water partition coefficient (Wildman–Crippen LogP) is 3.22. The summed E-state index contributed by atoms with van der Waals surface area (Å²) in [5.74, 6) is -0.851. The SMILES string of the molecule is Cc1cc(NSC2CC2)cc(C)c1C(=O)O. The Kier molecular flexibility index (Phi) is 3.10. The number of aromatic carboxylic acids is 1. The zero-order chi connectivity index (χ0) is 11.7. The number of nitrogens with one attached hydrogen (secondary N) is 1. The molecule has 0 radical (unpaired) electrons. The van der Waals surface area contributed by atoms with Crippen molar-refractivity contribution in [1.82, 2.24) is 0 Å². The van der Waals surface area contributed by atoms with Gasteiger partial charge in [-0.05, 0) is 61.9 Å². The standard InChI is InChI=1S/C12H15NO2S/c1-7-5-9(13-16-10-3-4-10)6-8(2)11(7)12(14)15/h5-6,10,13H,3-4H2,1-2H3,(H,14,15). The van der Waals surface area contributed by atoms with Gasteiger partial charge in [-0.25, -0.2) is 4.79 Å². The Balaban J connectivity index is 2.18. The van der Waals surface area contributed by atoms with Crippen molar-refractivity contribution in [3.63, 3.8) is 0 Å². The minimum absolute atomic E-state index is 0.418. The first-order valence-corrected chi connectivity index (χ1v) is 6.22. The summed E-state index contributed by atoms with van der Waals surface area (Å²) >= 11 is 1.73. The topological polar surface area (TPSA) is 49.3 Å². The molecule has 0 spiro atoms. The van der Waals surface area contributed by atoms with Crippen molar-refractivity contribution in [2.75, 3.05) is 4.72 Å². The van der Waals surface area contributed by atoms with Gasteiger partial charge in [0.2, 0.25) is 0 Å². The Hall–Kier alpha value is -1.16. The number of carboxylic acids is 1. The normalized spacial score (nSPS) is 14.9. The minimum Gasteiger partial charge on any atom is -0.478 e. The van der Waals surface area contributed by atoms with Crippen LogP contribution in [0.2, 0.25) is 0 Å². The third-order valence-electron chi connectivity index (χ3n) is 2.61. The molecule has 0 unspecified atom stereocenters. The molecule has 0 bridgehead atoms. The molecule has 1 saturated carbocycles. The number of aryl methyl sites for hydroxylation is 2. The van der Waals surface area contributed by atoms with Crippen LogP contribution in [-0.4, -0.2) is 16.3 Å². The zero-order valence-electron chi connectivity index (χ0n) is 9.41. The molecule has 0 amide bonds. The van der Waals surface area contributed by atoms with Gasteiger partial charge in [0.1, 0.15) is 0 Å². The van der Waals surface area contributed by atoms with Crippen LogP contribution in [0.15, 0.2) is 12.1 Å². The number of rotatable bonds is 4. The Morgan fingerprint density at radius 2 is 1.94 bits per heavy atom. The van der Waals surface area contributed by atoms with Crippen LogP contribution in [0.1, 0.15) is 34.3 Å². The van der Waals surface area contributed by atoms with Crippen molar-refractivity contribution >= 4 is 23.6 Å². The quantitative estimate of drug-likeness (QED) is 0.789. The van der Waals surface area contributed by atoms with E-state index in [9.17, 15) is 4.79 Å². The summed E-state index contributed by atoms with van der Waals surface area (Å²) in [7, 11) is 0. The van der Waals surface area contributed by atoms with Gasteiger partial charge in [0, 0.05) is 10.9 Å². The molecule has 0 aliphatic heterocycles. The average Bonchev–Trinajstić information content (AvgIpc) is 2.96. The number of carbonyl (C=O) groups is 1. The summed E-state index contributed by atoms with van der Waals surface area (Å²) in [6.45, 7) is 3.67. The van der Waals surface area contributed by atoms with Crippen LogP contribution >= 0.6 is 11.9 Å². The second kappa shape index (κ2) is 4.37. The second-order valence-corrected chi connectivity index (χ2v) is 5.32. The van der Waals surface area contributed by atoms with Crippen LogP contribution in [0.25, 0.3) is 0 Å². The van der Waals surface area contributed by atoms with Gasteiger partial charge in [-0.15, -0.1) is 0 Å². The Morgan fingerprint density at radius 1 is 1.38 bits per heavy atom. The molecule has 0 atom stereocenters. The van der Waals surface area contributed by atoms with Crippen molar-refractivity contribution in [3.05, 3.63) is 28.8 Å². The van der Waals surface area contributed by atoms with Gasteiger partial charge in [0.15, 0.2) is 0 Å². The molecular weight excluding hydrogens is 222 g/mol. The average molecular weight is 237 g/mol. The van der Waals surface area contributed by atoms with Crippen LogP contribution in [0, 0.1) is 13.8 Å². The highest BCUT2D eigenvalue weighted by molar-refractivity contribution is 8.01. The van der Waals surface area contributed by atoms with Crippen LogP contribution in [0.4, 0.5) is 5.69 Å². The maximum absolute atomic E-state index is 11.0. The zero-order valence-corrected chi connectivity index (χ0v) is 10.2. The molecular formula is C12H15NO2S. The molecule has 0 heterocycles. The Labute approximate surface area is 99.4 Å². The van der Waals surface area contributed by atoms with Crippen LogP contribution < -0.4 is 4.72 Å². The Bertz CT molecular complexity index is 404. The molecule has 3 nitrogen and oxygen atoms in total. The maximum Gasteiger partial charge on any atom is 0.336 e. The first kappa shape index (κ1) is 11.3. The van der Waals surface area contributed by atoms with E-state index in [1.807, 2.05) is 26.0 Å². The molecule has 1 aliphatic carbocycles. The van der Waals surface area contributed by atoms with Gasteiger partial charge in [0.25, 0.3) is 0 Å². The molecule has 2 rings (SSSR count). The van der Waals surface area contributed by atoms with Gasteiger partial charge in [-0.2, -0.15) is 0 Å². The fourth-order valence-corrected chi connectivity index (χ4v) is 2.49. The number of carboxylic acid groups (broad SMARTS) is 1. The smallest absolute Gasteiger partial charge is 0.336 e. The largest absolute Gasteiger partial charge is 0.478 e. The first-order chi connectivity index (χ1) is 7.58. The van der Waals surface area contributed by atoms with Gasteiger partial charge in [0.05, 0.1) is 5.56 Å². The lowest BCUT2D eigenvalue weighted by molar-refractivity contribution is 0.0695. The number of anilines is 1.